The van der Waals surface area contributed by atoms with Crippen LogP contribution in [0.2, 0.25) is 10.0 Å². The molecule has 1 fully saturated rings. The molecule has 150 valence electrons. The molecular weight excluding hydrogens is 413 g/mol. The zero-order valence-electron chi connectivity index (χ0n) is 15.6. The van der Waals surface area contributed by atoms with Gasteiger partial charge >= 0.3 is 5.97 Å². The van der Waals surface area contributed by atoms with E-state index >= 15 is 0 Å². The summed E-state index contributed by atoms with van der Waals surface area (Å²) in [6.07, 6.45) is 8.76. The molecule has 1 saturated heterocycles. The van der Waals surface area contributed by atoms with Gasteiger partial charge in [0.1, 0.15) is 6.23 Å². The predicted octanol–water partition coefficient (Wildman–Crippen LogP) is 5.38. The third-order valence-corrected chi connectivity index (χ3v) is 6.46. The number of aliphatic carboxylic acids is 1. The number of halogens is 2. The van der Waals surface area contributed by atoms with Crippen LogP contribution in [-0.4, -0.2) is 32.0 Å². The molecule has 0 radical (unpaired) electrons. The largest absolute Gasteiger partial charge is 0.478 e. The minimum absolute atomic E-state index is 0.0634. The lowest BCUT2D eigenvalue weighted by molar-refractivity contribution is -0.131. The number of carboxylic acids is 1. The van der Waals surface area contributed by atoms with Crippen molar-refractivity contribution >= 4 is 45.6 Å². The molecule has 0 bridgehead atoms. The fraction of sp³-hybridized carbons (Fsp3) is 0.333. The molecule has 1 atom stereocenters. The second kappa shape index (κ2) is 7.20. The third-order valence-electron chi connectivity index (χ3n) is 5.66. The highest BCUT2D eigenvalue weighted by molar-refractivity contribution is 6.45. The SMILES string of the molecule is O=C(O)/C=C1\CCn2c1c(-c1cnn(C3CCCCO3)c1)c1ccc(Cl)c(Cl)c12. The summed E-state index contributed by atoms with van der Waals surface area (Å²) in [5.74, 6) is -0.958. The molecule has 2 aliphatic rings. The molecule has 2 aromatic heterocycles. The van der Waals surface area contributed by atoms with Crippen molar-refractivity contribution in [3.05, 3.63) is 46.3 Å². The Morgan fingerprint density at radius 3 is 2.93 bits per heavy atom. The lowest BCUT2D eigenvalue weighted by atomic mass is 10.00. The summed E-state index contributed by atoms with van der Waals surface area (Å²) in [7, 11) is 0. The average molecular weight is 432 g/mol. The highest BCUT2D eigenvalue weighted by Crippen LogP contribution is 2.46. The van der Waals surface area contributed by atoms with Crippen LogP contribution < -0.4 is 0 Å². The number of nitrogens with zero attached hydrogens (tertiary/aromatic N) is 3. The van der Waals surface area contributed by atoms with Gasteiger partial charge in [-0.05, 0) is 37.3 Å². The van der Waals surface area contributed by atoms with E-state index in [4.69, 9.17) is 27.9 Å². The van der Waals surface area contributed by atoms with Crippen LogP contribution in [0.1, 0.15) is 37.6 Å². The topological polar surface area (TPSA) is 69.3 Å². The van der Waals surface area contributed by atoms with Crippen LogP contribution in [0.5, 0.6) is 0 Å². The molecule has 4 heterocycles. The smallest absolute Gasteiger partial charge is 0.328 e. The summed E-state index contributed by atoms with van der Waals surface area (Å²) < 4.78 is 9.78. The molecule has 3 aromatic rings. The van der Waals surface area contributed by atoms with Gasteiger partial charge in [-0.1, -0.05) is 29.3 Å². The van der Waals surface area contributed by atoms with E-state index in [1.165, 1.54) is 6.08 Å². The molecule has 6 nitrogen and oxygen atoms in total. The Bertz CT molecular complexity index is 1160. The normalized spacial score (nSPS) is 20.5. The van der Waals surface area contributed by atoms with Crippen LogP contribution in [0.4, 0.5) is 0 Å². The highest BCUT2D eigenvalue weighted by atomic mass is 35.5. The van der Waals surface area contributed by atoms with Crippen molar-refractivity contribution < 1.29 is 14.6 Å². The number of rotatable bonds is 3. The molecule has 1 unspecified atom stereocenters. The number of carbonyl (C=O) groups is 1. The van der Waals surface area contributed by atoms with E-state index < -0.39 is 5.97 Å². The van der Waals surface area contributed by atoms with Gasteiger partial charge in [0.05, 0.1) is 27.5 Å². The van der Waals surface area contributed by atoms with E-state index in [0.29, 0.717) is 23.0 Å². The van der Waals surface area contributed by atoms with Crippen LogP contribution in [0, 0.1) is 0 Å². The van der Waals surface area contributed by atoms with Gasteiger partial charge in [0.2, 0.25) is 0 Å². The quantitative estimate of drug-likeness (QED) is 0.564. The predicted molar refractivity (Wildman–Crippen MR) is 112 cm³/mol. The maximum absolute atomic E-state index is 11.4. The summed E-state index contributed by atoms with van der Waals surface area (Å²) in [4.78, 5) is 11.4. The molecule has 0 spiro atoms. The summed E-state index contributed by atoms with van der Waals surface area (Å²) >= 11 is 12.8. The van der Waals surface area contributed by atoms with Crippen molar-refractivity contribution in [3.8, 4) is 11.1 Å². The van der Waals surface area contributed by atoms with Crippen molar-refractivity contribution in [2.24, 2.45) is 0 Å². The van der Waals surface area contributed by atoms with Crippen LogP contribution in [0.25, 0.3) is 27.6 Å². The minimum atomic E-state index is -0.958. The fourth-order valence-corrected chi connectivity index (χ4v) is 4.85. The number of aromatic nitrogens is 3. The van der Waals surface area contributed by atoms with Gasteiger partial charge in [0.15, 0.2) is 0 Å². The Morgan fingerprint density at radius 2 is 2.17 bits per heavy atom. The summed E-state index contributed by atoms with van der Waals surface area (Å²) in [5, 5.41) is 15.8. The highest BCUT2D eigenvalue weighted by Gasteiger charge is 2.29. The van der Waals surface area contributed by atoms with Crippen molar-refractivity contribution in [2.45, 2.75) is 38.5 Å². The van der Waals surface area contributed by atoms with Gasteiger partial charge in [-0.3, -0.25) is 0 Å². The zero-order chi connectivity index (χ0) is 20.1. The molecule has 1 aromatic carbocycles. The summed E-state index contributed by atoms with van der Waals surface area (Å²) in [5.41, 5.74) is 4.33. The Morgan fingerprint density at radius 1 is 1.31 bits per heavy atom. The number of benzene rings is 1. The van der Waals surface area contributed by atoms with Crippen LogP contribution in [0.3, 0.4) is 0 Å². The van der Waals surface area contributed by atoms with Gasteiger partial charge in [0.25, 0.3) is 0 Å². The Hall–Kier alpha value is -2.28. The van der Waals surface area contributed by atoms with Gasteiger partial charge in [0, 0.05) is 41.9 Å². The van der Waals surface area contributed by atoms with E-state index in [9.17, 15) is 9.90 Å². The molecule has 8 heteroatoms. The van der Waals surface area contributed by atoms with Crippen molar-refractivity contribution in [1.29, 1.82) is 0 Å². The second-order valence-electron chi connectivity index (χ2n) is 7.42. The first-order chi connectivity index (χ1) is 14.0. The fourth-order valence-electron chi connectivity index (χ4n) is 4.43. The number of fused-ring (bicyclic) bond motifs is 3. The van der Waals surface area contributed by atoms with Crippen molar-refractivity contribution in [2.75, 3.05) is 6.61 Å². The maximum atomic E-state index is 11.4. The molecule has 29 heavy (non-hydrogen) atoms. The third kappa shape index (κ3) is 3.06. The lowest BCUT2D eigenvalue weighted by Gasteiger charge is -2.22. The first-order valence-corrected chi connectivity index (χ1v) is 10.4. The van der Waals surface area contributed by atoms with Crippen molar-refractivity contribution in [1.82, 2.24) is 14.3 Å². The first kappa shape index (κ1) is 18.7. The number of carboxylic acid groups (broad SMARTS) is 1. The number of hydrogen-bond donors (Lipinski definition) is 1. The van der Waals surface area contributed by atoms with E-state index in [0.717, 1.165) is 59.2 Å². The Labute approximate surface area is 177 Å². The number of allylic oxidation sites excluding steroid dienone is 1. The molecule has 1 N–H and O–H groups in total. The van der Waals surface area contributed by atoms with Crippen LogP contribution >= 0.6 is 23.2 Å². The van der Waals surface area contributed by atoms with E-state index in [-0.39, 0.29) is 6.23 Å². The molecule has 2 aliphatic heterocycles. The van der Waals surface area contributed by atoms with Gasteiger partial charge in [-0.2, -0.15) is 5.10 Å². The van der Waals surface area contributed by atoms with Gasteiger partial charge in [-0.25, -0.2) is 9.48 Å². The van der Waals surface area contributed by atoms with Gasteiger partial charge in [-0.15, -0.1) is 0 Å². The number of ether oxygens (including phenoxy) is 1. The number of aryl methyl sites for hydroxylation is 1. The maximum Gasteiger partial charge on any atom is 0.328 e. The van der Waals surface area contributed by atoms with Gasteiger partial charge < -0.3 is 14.4 Å². The van der Waals surface area contributed by atoms with Crippen LogP contribution in [-0.2, 0) is 16.1 Å². The van der Waals surface area contributed by atoms with Crippen LogP contribution in [0.15, 0.2) is 30.6 Å². The first-order valence-electron chi connectivity index (χ1n) is 9.65. The van der Waals surface area contributed by atoms with E-state index in [2.05, 4.69) is 9.67 Å². The molecule has 0 amide bonds. The number of hydrogen-bond acceptors (Lipinski definition) is 3. The summed E-state index contributed by atoms with van der Waals surface area (Å²) in [6, 6.07) is 3.72. The molecule has 0 saturated carbocycles. The average Bonchev–Trinajstić information content (AvgIpc) is 3.41. The minimum Gasteiger partial charge on any atom is -0.478 e. The summed E-state index contributed by atoms with van der Waals surface area (Å²) in [6.45, 7) is 1.40. The Balaban J connectivity index is 1.72. The van der Waals surface area contributed by atoms with Crippen molar-refractivity contribution in [3.63, 3.8) is 0 Å². The molecule has 0 aliphatic carbocycles. The van der Waals surface area contributed by atoms with E-state index in [1.54, 1.807) is 6.07 Å². The standard InChI is InChI=1S/C21H19Cl2N3O3/c22-15-5-4-14-18(13-10-24-26(11-13)16-3-1-2-8-29-16)20-12(9-17(27)28)6-7-25(20)21(14)19(15)23/h4-5,9-11,16H,1-3,6-8H2,(H,27,28)/b12-9+. The molecular formula is C21H19Cl2N3O3. The van der Waals surface area contributed by atoms with E-state index in [1.807, 2.05) is 23.1 Å². The second-order valence-corrected chi connectivity index (χ2v) is 8.21. The monoisotopic (exact) mass is 431 g/mol. The molecule has 5 rings (SSSR count). The lowest BCUT2D eigenvalue weighted by Crippen LogP contribution is -2.18. The Kier molecular flexibility index (Phi) is 4.65. The zero-order valence-corrected chi connectivity index (χ0v) is 17.1.